The molecule has 0 radical (unpaired) electrons. The molecule has 2 N–H and O–H groups in total. The van der Waals surface area contributed by atoms with Gasteiger partial charge in [-0.15, -0.1) is 11.8 Å². The van der Waals surface area contributed by atoms with Gasteiger partial charge >= 0.3 is 5.97 Å². The second-order valence-corrected chi connectivity index (χ2v) is 4.83. The number of hydrogen-bond donors (Lipinski definition) is 2. The molecule has 0 aliphatic heterocycles. The zero-order valence-electron chi connectivity index (χ0n) is 10.7. The van der Waals surface area contributed by atoms with E-state index >= 15 is 0 Å². The molecule has 5 nitrogen and oxygen atoms in total. The molecule has 0 fully saturated rings. The lowest BCUT2D eigenvalue weighted by molar-refractivity contribution is -0.133. The summed E-state index contributed by atoms with van der Waals surface area (Å²) in [5, 5.41) is 11.3. The first-order valence-corrected chi connectivity index (χ1v) is 6.96. The van der Waals surface area contributed by atoms with Gasteiger partial charge in [0.15, 0.2) is 0 Å². The maximum atomic E-state index is 11.4. The van der Waals surface area contributed by atoms with Crippen molar-refractivity contribution in [2.24, 2.45) is 0 Å². The van der Waals surface area contributed by atoms with E-state index in [1.54, 1.807) is 0 Å². The predicted molar refractivity (Wildman–Crippen MR) is 70.4 cm³/mol. The van der Waals surface area contributed by atoms with Crippen LogP contribution < -0.4 is 5.32 Å². The smallest absolute Gasteiger partial charge is 0.313 e. The van der Waals surface area contributed by atoms with Gasteiger partial charge < -0.3 is 15.3 Å². The molecular weight excluding hydrogens is 240 g/mol. The number of rotatable bonds is 9. The van der Waals surface area contributed by atoms with Gasteiger partial charge in [0.05, 0.1) is 11.5 Å². The third-order valence-electron chi connectivity index (χ3n) is 2.29. The Hall–Kier alpha value is -0.750. The first-order chi connectivity index (χ1) is 7.99. The van der Waals surface area contributed by atoms with E-state index in [-0.39, 0.29) is 23.5 Å². The van der Waals surface area contributed by atoms with Crippen LogP contribution >= 0.6 is 11.8 Å². The predicted octanol–water partition coefficient (Wildman–Crippen LogP) is 0.651. The summed E-state index contributed by atoms with van der Waals surface area (Å²) in [4.78, 5) is 23.9. The number of hydrogen-bond acceptors (Lipinski definition) is 4. The molecule has 1 unspecified atom stereocenters. The number of carbonyl (C=O) groups is 2. The Morgan fingerprint density at radius 2 is 1.88 bits per heavy atom. The van der Waals surface area contributed by atoms with Crippen LogP contribution in [0.5, 0.6) is 0 Å². The number of carboxylic acid groups (broad SMARTS) is 1. The monoisotopic (exact) mass is 262 g/mol. The summed E-state index contributed by atoms with van der Waals surface area (Å²) in [6, 6.07) is 0.0906. The van der Waals surface area contributed by atoms with E-state index in [2.05, 4.69) is 24.1 Å². The van der Waals surface area contributed by atoms with Crippen LogP contribution in [-0.4, -0.2) is 59.1 Å². The molecule has 0 saturated heterocycles. The Balaban J connectivity index is 3.75. The topological polar surface area (TPSA) is 69.6 Å². The molecule has 1 amide bonds. The Morgan fingerprint density at radius 3 is 2.35 bits per heavy atom. The van der Waals surface area contributed by atoms with Crippen molar-refractivity contribution < 1.29 is 14.7 Å². The highest BCUT2D eigenvalue weighted by Gasteiger charge is 2.10. The van der Waals surface area contributed by atoms with E-state index in [1.165, 1.54) is 0 Å². The number of nitrogens with one attached hydrogen (secondary N) is 1. The first-order valence-electron chi connectivity index (χ1n) is 5.80. The fourth-order valence-electron chi connectivity index (χ4n) is 1.46. The van der Waals surface area contributed by atoms with Crippen molar-refractivity contribution in [3.05, 3.63) is 0 Å². The van der Waals surface area contributed by atoms with Gasteiger partial charge in [0, 0.05) is 12.6 Å². The van der Waals surface area contributed by atoms with Crippen molar-refractivity contribution in [1.29, 1.82) is 0 Å². The number of nitrogens with zero attached hydrogens (tertiary/aromatic N) is 1. The molecule has 6 heteroatoms. The van der Waals surface area contributed by atoms with Crippen molar-refractivity contribution in [3.63, 3.8) is 0 Å². The highest BCUT2D eigenvalue weighted by molar-refractivity contribution is 8.00. The summed E-state index contributed by atoms with van der Waals surface area (Å²) in [5.74, 6) is -0.817. The SMILES string of the molecule is CCN(CC)CC(C)NC(=O)CSCC(=O)O. The van der Waals surface area contributed by atoms with E-state index in [0.717, 1.165) is 31.4 Å². The Bertz CT molecular complexity index is 245. The largest absolute Gasteiger partial charge is 0.481 e. The molecule has 1 atom stereocenters. The summed E-state index contributed by atoms with van der Waals surface area (Å²) in [6.45, 7) is 8.87. The summed E-state index contributed by atoms with van der Waals surface area (Å²) in [5.41, 5.74) is 0. The molecule has 0 aliphatic rings. The van der Waals surface area contributed by atoms with Crippen molar-refractivity contribution in [3.8, 4) is 0 Å². The number of amides is 1. The zero-order valence-corrected chi connectivity index (χ0v) is 11.5. The van der Waals surface area contributed by atoms with Gasteiger partial charge in [-0.05, 0) is 20.0 Å². The van der Waals surface area contributed by atoms with Crippen LogP contribution in [0.3, 0.4) is 0 Å². The van der Waals surface area contributed by atoms with Crippen LogP contribution in [0.1, 0.15) is 20.8 Å². The fourth-order valence-corrected chi connectivity index (χ4v) is 2.01. The van der Waals surface area contributed by atoms with Crippen molar-refractivity contribution in [2.45, 2.75) is 26.8 Å². The molecule has 17 heavy (non-hydrogen) atoms. The van der Waals surface area contributed by atoms with E-state index < -0.39 is 5.97 Å². The molecule has 0 heterocycles. The summed E-state index contributed by atoms with van der Waals surface area (Å²) in [6.07, 6.45) is 0. The van der Waals surface area contributed by atoms with Crippen LogP contribution in [-0.2, 0) is 9.59 Å². The van der Waals surface area contributed by atoms with E-state index in [9.17, 15) is 9.59 Å². The standard InChI is InChI=1S/C11H22N2O3S/c1-4-13(5-2)6-9(3)12-10(14)7-17-8-11(15)16/h9H,4-8H2,1-3H3,(H,12,14)(H,15,16). The number of aliphatic carboxylic acids is 1. The van der Waals surface area contributed by atoms with Gasteiger partial charge in [0.1, 0.15) is 0 Å². The van der Waals surface area contributed by atoms with Gasteiger partial charge in [-0.25, -0.2) is 0 Å². The van der Waals surface area contributed by atoms with Crippen LogP contribution in [0.15, 0.2) is 0 Å². The van der Waals surface area contributed by atoms with Crippen molar-refractivity contribution in [1.82, 2.24) is 10.2 Å². The normalized spacial score (nSPS) is 12.5. The number of thioether (sulfide) groups is 1. The van der Waals surface area contributed by atoms with E-state index in [1.807, 2.05) is 6.92 Å². The molecule has 0 aromatic heterocycles. The average molecular weight is 262 g/mol. The molecule has 0 aromatic carbocycles. The van der Waals surface area contributed by atoms with Crippen LogP contribution in [0, 0.1) is 0 Å². The van der Waals surface area contributed by atoms with Gasteiger partial charge in [0.25, 0.3) is 0 Å². The zero-order chi connectivity index (χ0) is 13.3. The molecule has 0 aromatic rings. The third-order valence-corrected chi connectivity index (χ3v) is 3.21. The first kappa shape index (κ1) is 16.2. The Labute approximate surface area is 107 Å². The maximum absolute atomic E-state index is 11.4. The second kappa shape index (κ2) is 9.30. The summed E-state index contributed by atoms with van der Waals surface area (Å²) >= 11 is 1.12. The molecular formula is C11H22N2O3S. The van der Waals surface area contributed by atoms with Crippen LogP contribution in [0.4, 0.5) is 0 Å². The Kier molecular flexibility index (Phi) is 8.89. The quantitative estimate of drug-likeness (QED) is 0.638. The van der Waals surface area contributed by atoms with Gasteiger partial charge in [-0.3, -0.25) is 9.59 Å². The van der Waals surface area contributed by atoms with Crippen LogP contribution in [0.2, 0.25) is 0 Å². The summed E-state index contributed by atoms with van der Waals surface area (Å²) in [7, 11) is 0. The molecule has 0 saturated carbocycles. The lowest BCUT2D eigenvalue weighted by Gasteiger charge is -2.23. The number of carboxylic acids is 1. The third kappa shape index (κ3) is 9.00. The second-order valence-electron chi connectivity index (χ2n) is 3.84. The minimum Gasteiger partial charge on any atom is -0.481 e. The van der Waals surface area contributed by atoms with E-state index in [0.29, 0.717) is 0 Å². The lowest BCUT2D eigenvalue weighted by Crippen LogP contribution is -2.42. The van der Waals surface area contributed by atoms with Gasteiger partial charge in [0.2, 0.25) is 5.91 Å². The van der Waals surface area contributed by atoms with Crippen LogP contribution in [0.25, 0.3) is 0 Å². The van der Waals surface area contributed by atoms with Gasteiger partial charge in [-0.2, -0.15) is 0 Å². The molecule has 0 bridgehead atoms. The minimum absolute atomic E-state index is 0.0299. The maximum Gasteiger partial charge on any atom is 0.313 e. The average Bonchev–Trinajstić information content (AvgIpc) is 2.25. The summed E-state index contributed by atoms with van der Waals surface area (Å²) < 4.78 is 0. The minimum atomic E-state index is -0.890. The van der Waals surface area contributed by atoms with Crippen molar-refractivity contribution >= 4 is 23.6 Å². The fraction of sp³-hybridized carbons (Fsp3) is 0.818. The van der Waals surface area contributed by atoms with Gasteiger partial charge in [-0.1, -0.05) is 13.8 Å². The molecule has 0 aliphatic carbocycles. The van der Waals surface area contributed by atoms with Crippen molar-refractivity contribution in [2.75, 3.05) is 31.1 Å². The van der Waals surface area contributed by atoms with E-state index in [4.69, 9.17) is 5.11 Å². The Morgan fingerprint density at radius 1 is 1.29 bits per heavy atom. The highest BCUT2D eigenvalue weighted by atomic mass is 32.2. The number of carbonyl (C=O) groups excluding carboxylic acids is 1. The molecule has 100 valence electrons. The number of likely N-dealkylation sites (N-methyl/N-ethyl adjacent to an activating group) is 1. The molecule has 0 rings (SSSR count). The molecule has 0 spiro atoms. The highest BCUT2D eigenvalue weighted by Crippen LogP contribution is 1.99. The lowest BCUT2D eigenvalue weighted by atomic mass is 10.3.